The van der Waals surface area contributed by atoms with Gasteiger partial charge in [0.25, 0.3) is 0 Å². The first-order chi connectivity index (χ1) is 16.0. The predicted octanol–water partition coefficient (Wildman–Crippen LogP) is 0.682. The number of aliphatic hydroxyl groups excluding tert-OH is 1. The first kappa shape index (κ1) is 23.5. The van der Waals surface area contributed by atoms with Crippen LogP contribution in [0.3, 0.4) is 0 Å². The van der Waals surface area contributed by atoms with Crippen molar-refractivity contribution in [3.63, 3.8) is 0 Å². The van der Waals surface area contributed by atoms with Crippen LogP contribution in [0.4, 0.5) is 11.5 Å². The van der Waals surface area contributed by atoms with Gasteiger partial charge in [-0.05, 0) is 18.2 Å². The summed E-state index contributed by atoms with van der Waals surface area (Å²) in [5.41, 5.74) is 5.44. The third kappa shape index (κ3) is 4.83. The number of carbonyl (C=O) groups is 2. The van der Waals surface area contributed by atoms with Crippen molar-refractivity contribution in [2.45, 2.75) is 24.9 Å². The van der Waals surface area contributed by atoms with Crippen molar-refractivity contribution < 1.29 is 43.6 Å². The Bertz CT molecular complexity index is 1280. The molecule has 1 fully saturated rings. The van der Waals surface area contributed by atoms with Crippen molar-refractivity contribution in [2.75, 3.05) is 17.4 Å². The minimum Gasteiger partial charge on any atom is -0.478 e. The van der Waals surface area contributed by atoms with Crippen LogP contribution in [0.25, 0.3) is 11.2 Å². The van der Waals surface area contributed by atoms with Crippen molar-refractivity contribution in [3.8, 4) is 0 Å². The second-order valence-electron chi connectivity index (χ2n) is 7.35. The number of nitrogens with zero attached hydrogens (tertiary/aromatic N) is 4. The zero-order chi connectivity index (χ0) is 24.6. The van der Waals surface area contributed by atoms with E-state index in [1.54, 1.807) is 0 Å². The van der Waals surface area contributed by atoms with E-state index in [1.165, 1.54) is 17.2 Å². The quantitative estimate of drug-likeness (QED) is 0.236. The lowest BCUT2D eigenvalue weighted by atomic mass is 10.1. The number of hydrogen-bond acceptors (Lipinski definition) is 10. The number of carboxylic acids is 2. The number of rotatable bonds is 8. The second kappa shape index (κ2) is 8.96. The van der Waals surface area contributed by atoms with Gasteiger partial charge in [-0.1, -0.05) is 0 Å². The summed E-state index contributed by atoms with van der Waals surface area (Å²) >= 11 is 0. The monoisotopic (exact) mass is 494 g/mol. The molecule has 3 heterocycles. The van der Waals surface area contributed by atoms with E-state index in [-0.39, 0.29) is 17.9 Å². The van der Waals surface area contributed by atoms with Gasteiger partial charge >= 0.3 is 19.7 Å². The molecule has 2 aromatic heterocycles. The van der Waals surface area contributed by atoms with Gasteiger partial charge in [0.2, 0.25) is 0 Å². The number of carboxylic acid groups (broad SMARTS) is 2. The Hall–Kier alpha value is -3.62. The van der Waals surface area contributed by atoms with Crippen LogP contribution in [-0.4, -0.2) is 70.5 Å². The molecule has 4 atom stereocenters. The number of nitrogens with one attached hydrogen (secondary N) is 1. The molecule has 0 amide bonds. The van der Waals surface area contributed by atoms with Crippen molar-refractivity contribution >= 4 is 42.4 Å². The number of anilines is 2. The number of aromatic carboxylic acids is 2. The van der Waals surface area contributed by atoms with E-state index in [0.29, 0.717) is 11.2 Å². The molecule has 180 valence electrons. The number of aliphatic hydroxyl groups is 1. The lowest BCUT2D eigenvalue weighted by molar-refractivity contribution is -0.0394. The minimum atomic E-state index is -4.60. The lowest BCUT2D eigenvalue weighted by Crippen LogP contribution is -2.26. The van der Waals surface area contributed by atoms with Crippen LogP contribution >= 0.6 is 7.75 Å². The van der Waals surface area contributed by atoms with Crippen LogP contribution in [0.5, 0.6) is 0 Å². The van der Waals surface area contributed by atoms with Crippen LogP contribution in [0.2, 0.25) is 0 Å². The van der Waals surface area contributed by atoms with Gasteiger partial charge in [0.15, 0.2) is 11.5 Å². The molecular formula is C18H19N6O9P. The Kier molecular flexibility index (Phi) is 6.20. The highest BCUT2D eigenvalue weighted by Crippen LogP contribution is 2.43. The van der Waals surface area contributed by atoms with Crippen molar-refractivity contribution in [3.05, 3.63) is 42.0 Å². The molecule has 34 heavy (non-hydrogen) atoms. The van der Waals surface area contributed by atoms with Crippen LogP contribution < -0.4 is 10.8 Å². The van der Waals surface area contributed by atoms with Crippen molar-refractivity contribution in [2.24, 2.45) is 0 Å². The fourth-order valence-electron chi connectivity index (χ4n) is 3.43. The van der Waals surface area contributed by atoms with Crippen LogP contribution in [0.15, 0.2) is 30.9 Å². The molecule has 0 saturated carbocycles. The summed E-state index contributed by atoms with van der Waals surface area (Å²) < 4.78 is 24.8. The minimum absolute atomic E-state index is 0.106. The maximum Gasteiger partial charge on any atom is 0.430 e. The SMILES string of the molecule is Nc1ncnc2c1ncn2[C@H]1C[C@H](O)[C@@H](COP(=O)(O)Nc2cc(C(=O)O)cc(C(=O)O)c2)O1. The van der Waals surface area contributed by atoms with Gasteiger partial charge < -0.3 is 30.7 Å². The summed E-state index contributed by atoms with van der Waals surface area (Å²) in [7, 11) is -4.60. The molecule has 16 heteroatoms. The third-order valence-corrected chi connectivity index (χ3v) is 6.05. The average molecular weight is 494 g/mol. The molecule has 4 rings (SSSR count). The van der Waals surface area contributed by atoms with Gasteiger partial charge in [0, 0.05) is 12.1 Å². The third-order valence-electron chi connectivity index (χ3n) is 5.01. The predicted molar refractivity (Wildman–Crippen MR) is 114 cm³/mol. The number of fused-ring (bicyclic) bond motifs is 1. The molecule has 1 aliphatic heterocycles. The number of ether oxygens (including phenoxy) is 1. The summed E-state index contributed by atoms with van der Waals surface area (Å²) in [5, 5.41) is 30.7. The van der Waals surface area contributed by atoms with E-state index in [4.69, 9.17) is 25.2 Å². The molecule has 1 aliphatic rings. The summed E-state index contributed by atoms with van der Waals surface area (Å²) in [4.78, 5) is 44.6. The molecule has 1 saturated heterocycles. The van der Waals surface area contributed by atoms with E-state index >= 15 is 0 Å². The molecule has 0 bridgehead atoms. The van der Waals surface area contributed by atoms with E-state index in [1.807, 2.05) is 0 Å². The molecule has 7 N–H and O–H groups in total. The lowest BCUT2D eigenvalue weighted by Gasteiger charge is -2.19. The highest BCUT2D eigenvalue weighted by atomic mass is 31.2. The number of nitrogens with two attached hydrogens (primary N) is 1. The zero-order valence-corrected chi connectivity index (χ0v) is 18.1. The Morgan fingerprint density at radius 3 is 2.53 bits per heavy atom. The maximum absolute atomic E-state index is 12.5. The van der Waals surface area contributed by atoms with Gasteiger partial charge in [-0.25, -0.2) is 29.1 Å². The highest BCUT2D eigenvalue weighted by molar-refractivity contribution is 7.54. The second-order valence-corrected chi connectivity index (χ2v) is 8.88. The normalized spacial score (nSPS) is 21.9. The summed E-state index contributed by atoms with van der Waals surface area (Å²) in [6.07, 6.45) is 0.0168. The van der Waals surface area contributed by atoms with E-state index in [9.17, 15) is 24.2 Å². The van der Waals surface area contributed by atoms with E-state index in [0.717, 1.165) is 18.2 Å². The molecular weight excluding hydrogens is 475 g/mol. The Balaban J connectivity index is 1.44. The number of imidazole rings is 1. The Labute approximate surface area is 190 Å². The van der Waals surface area contributed by atoms with Crippen LogP contribution in [0, 0.1) is 0 Å². The number of aromatic nitrogens is 4. The van der Waals surface area contributed by atoms with Gasteiger partial charge in [0.05, 0.1) is 30.2 Å². The zero-order valence-electron chi connectivity index (χ0n) is 17.2. The number of nitrogen functional groups attached to an aromatic ring is 1. The largest absolute Gasteiger partial charge is 0.478 e. The number of hydrogen-bond donors (Lipinski definition) is 6. The topological polar surface area (TPSA) is 232 Å². The molecule has 1 aromatic carbocycles. The van der Waals surface area contributed by atoms with E-state index in [2.05, 4.69) is 20.0 Å². The van der Waals surface area contributed by atoms with E-state index < -0.39 is 55.9 Å². The molecule has 15 nitrogen and oxygen atoms in total. The molecule has 0 aliphatic carbocycles. The first-order valence-electron chi connectivity index (χ1n) is 9.68. The number of benzene rings is 1. The fraction of sp³-hybridized carbons (Fsp3) is 0.278. The van der Waals surface area contributed by atoms with Gasteiger partial charge in [-0.15, -0.1) is 0 Å². The van der Waals surface area contributed by atoms with Crippen molar-refractivity contribution in [1.29, 1.82) is 0 Å². The Morgan fingerprint density at radius 2 is 1.88 bits per heavy atom. The van der Waals surface area contributed by atoms with Crippen LogP contribution in [0.1, 0.15) is 33.4 Å². The Morgan fingerprint density at radius 1 is 1.21 bits per heavy atom. The first-order valence-corrected chi connectivity index (χ1v) is 11.3. The summed E-state index contributed by atoms with van der Waals surface area (Å²) in [5.74, 6) is -2.67. The fourth-order valence-corrected chi connectivity index (χ4v) is 4.29. The maximum atomic E-state index is 12.5. The molecule has 3 aromatic rings. The smallest absolute Gasteiger partial charge is 0.430 e. The van der Waals surface area contributed by atoms with Crippen molar-refractivity contribution in [1.82, 2.24) is 19.5 Å². The molecule has 0 spiro atoms. The van der Waals surface area contributed by atoms with Gasteiger partial charge in [-0.2, -0.15) is 0 Å². The van der Waals surface area contributed by atoms with Gasteiger partial charge in [0.1, 0.15) is 24.2 Å². The standard InChI is InChI=1S/C18H19N6O9P/c19-15-14-16(21-6-20-15)24(7-22-14)13-4-11(25)12(33-13)5-32-34(30,31)23-10-2-8(17(26)27)1-9(3-10)18(28)29/h1-3,6-7,11-13,25H,4-5H2,(H,26,27)(H,28,29)(H2,19,20,21)(H2,23,30,31)/t11-,12+,13+/m0/s1. The highest BCUT2D eigenvalue weighted by Gasteiger charge is 2.37. The molecule has 1 unspecified atom stereocenters. The van der Waals surface area contributed by atoms with Gasteiger partial charge in [-0.3, -0.25) is 14.2 Å². The molecule has 0 radical (unpaired) electrons. The summed E-state index contributed by atoms with van der Waals surface area (Å²) in [6.45, 7) is -0.507. The van der Waals surface area contributed by atoms with Crippen LogP contribution in [-0.2, 0) is 13.8 Å². The average Bonchev–Trinajstić information content (AvgIpc) is 3.36. The summed E-state index contributed by atoms with van der Waals surface area (Å²) in [6, 6.07) is 2.87.